The van der Waals surface area contributed by atoms with Crippen molar-refractivity contribution in [2.75, 3.05) is 32.8 Å². The van der Waals surface area contributed by atoms with E-state index in [9.17, 15) is 4.79 Å². The van der Waals surface area contributed by atoms with Crippen molar-refractivity contribution in [2.45, 2.75) is 13.0 Å². The highest BCUT2D eigenvalue weighted by Crippen LogP contribution is 2.33. The van der Waals surface area contributed by atoms with E-state index >= 15 is 0 Å². The molecule has 1 atom stereocenters. The molecule has 6 N–H and O–H groups in total. The van der Waals surface area contributed by atoms with Crippen LogP contribution in [0, 0.1) is 5.41 Å². The Hall–Kier alpha value is -5.24. The molecule has 0 amide bonds. The van der Waals surface area contributed by atoms with Crippen molar-refractivity contribution < 1.29 is 24.1 Å². The molecule has 0 fully saturated rings. The smallest absolute Gasteiger partial charge is 0.349 e. The Morgan fingerprint density at radius 1 is 1.15 bits per heavy atom. The van der Waals surface area contributed by atoms with E-state index in [1.165, 1.54) is 6.20 Å². The average Bonchev–Trinajstić information content (AvgIpc) is 3.33. The number of nitrogen functional groups attached to an aromatic ring is 1. The zero-order valence-corrected chi connectivity index (χ0v) is 22.1. The fraction of sp³-hybridized carbons (Fsp3) is 0.231. The van der Waals surface area contributed by atoms with Crippen LogP contribution in [0.4, 0.5) is 5.69 Å². The van der Waals surface area contributed by atoms with E-state index < -0.39 is 17.7 Å². The molecule has 0 bridgehead atoms. The Balaban J connectivity index is 0.00000103. The first-order valence-electron chi connectivity index (χ1n) is 11.9. The Morgan fingerprint density at radius 2 is 1.88 bits per heavy atom. The maximum atomic E-state index is 12.7. The zero-order chi connectivity index (χ0) is 29.1. The molecule has 210 valence electrons. The second kappa shape index (κ2) is 14.1. The molecule has 0 spiro atoms. The van der Waals surface area contributed by atoms with Gasteiger partial charge in [-0.3, -0.25) is 15.2 Å². The number of nitrogens with zero attached hydrogens (tertiary/aromatic N) is 4. The monoisotopic (exact) mass is 550 g/mol. The minimum Gasteiger partial charge on any atom is -0.493 e. The number of nitrogens with one attached hydrogen (secondary N) is 3. The van der Waals surface area contributed by atoms with Crippen LogP contribution in [0.25, 0.3) is 5.82 Å². The van der Waals surface area contributed by atoms with E-state index in [0.29, 0.717) is 36.1 Å². The van der Waals surface area contributed by atoms with Gasteiger partial charge in [-0.1, -0.05) is 6.07 Å². The van der Waals surface area contributed by atoms with Crippen molar-refractivity contribution >= 4 is 17.5 Å². The van der Waals surface area contributed by atoms with Gasteiger partial charge in [0.25, 0.3) is 5.97 Å². The molecule has 2 heterocycles. The van der Waals surface area contributed by atoms with Crippen molar-refractivity contribution in [3.8, 4) is 17.3 Å². The summed E-state index contributed by atoms with van der Waals surface area (Å²) < 4.78 is 17.5. The average molecular weight is 551 g/mol. The lowest BCUT2D eigenvalue weighted by atomic mass is 10.0. The van der Waals surface area contributed by atoms with Gasteiger partial charge in [0.05, 0.1) is 13.7 Å². The number of carboxylic acid groups (broad SMARTS) is 1. The van der Waals surface area contributed by atoms with Crippen LogP contribution in [0.15, 0.2) is 65.6 Å². The highest BCUT2D eigenvalue weighted by molar-refractivity contribution is 5.95. The predicted molar refractivity (Wildman–Crippen MR) is 146 cm³/mol. The quantitative estimate of drug-likeness (QED) is 0.104. The van der Waals surface area contributed by atoms with Gasteiger partial charge in [0, 0.05) is 31.5 Å². The predicted octanol–water partition coefficient (Wildman–Crippen LogP) is 1.96. The molecule has 0 saturated carbocycles. The van der Waals surface area contributed by atoms with E-state index in [1.54, 1.807) is 56.7 Å². The summed E-state index contributed by atoms with van der Waals surface area (Å²) in [7, 11) is 3.15. The van der Waals surface area contributed by atoms with Crippen molar-refractivity contribution in [1.29, 1.82) is 5.41 Å². The number of aromatic amines is 1. The van der Waals surface area contributed by atoms with Crippen LogP contribution in [0.2, 0.25) is 0 Å². The second-order valence-electron chi connectivity index (χ2n) is 8.15. The van der Waals surface area contributed by atoms with Gasteiger partial charge >= 0.3 is 5.69 Å². The summed E-state index contributed by atoms with van der Waals surface area (Å²) in [5.41, 5.74) is 7.18. The first-order valence-corrected chi connectivity index (χ1v) is 11.9. The van der Waals surface area contributed by atoms with Gasteiger partial charge in [0.1, 0.15) is 18.5 Å². The van der Waals surface area contributed by atoms with Crippen molar-refractivity contribution in [3.05, 3.63) is 88.2 Å². The summed E-state index contributed by atoms with van der Waals surface area (Å²) in [6.45, 7) is 1.89. The van der Waals surface area contributed by atoms with Gasteiger partial charge in [0.15, 0.2) is 23.1 Å². The molecule has 2 aromatic carbocycles. The zero-order valence-electron chi connectivity index (χ0n) is 22.1. The molecule has 0 aliphatic rings. The number of carboxylic acids is 1. The summed E-state index contributed by atoms with van der Waals surface area (Å²) in [5, 5.41) is 30.7. The number of hydrogen-bond donors (Lipinski definition) is 5. The van der Waals surface area contributed by atoms with E-state index in [4.69, 9.17) is 35.3 Å². The molecule has 4 aromatic rings. The number of benzene rings is 2. The molecule has 14 nitrogen and oxygen atoms in total. The number of nitrogens with two attached hydrogens (primary N) is 1. The van der Waals surface area contributed by atoms with E-state index in [1.807, 2.05) is 12.1 Å². The maximum Gasteiger partial charge on any atom is 0.349 e. The van der Waals surface area contributed by atoms with Crippen LogP contribution in [-0.2, 0) is 9.53 Å². The van der Waals surface area contributed by atoms with Crippen LogP contribution < -0.4 is 26.2 Å². The summed E-state index contributed by atoms with van der Waals surface area (Å²) in [4.78, 5) is 24.5. The summed E-state index contributed by atoms with van der Waals surface area (Å²) in [5.74, 6) is 0.837. The Bertz CT molecular complexity index is 1470. The standard InChI is InChI=1S/C24H26N8O4.C2H4O2/c1-34-12-13-36-18-10-7-16(14-19(18)35-2)21(28-17-8-5-15(6-9-17)22(25)26)23-29-24(33)32(31-23)20-4-3-11-27-30-20;1-2(3)4/h3-11,14,21,28H,12-13H2,1-2H3,(H3,25,26)(H,29,31,33);1H3,(H,3,4). The number of rotatable bonds is 11. The SMILES string of the molecule is CC(=O)O.COCCOc1ccc(C(Nc2ccc(C(=N)N)cc2)c2nn(-c3cccnn3)c(=O)[nH]2)cc1OC. The fourth-order valence-corrected chi connectivity index (χ4v) is 3.47. The lowest BCUT2D eigenvalue weighted by Crippen LogP contribution is -2.17. The summed E-state index contributed by atoms with van der Waals surface area (Å²) >= 11 is 0. The number of aromatic nitrogens is 5. The highest BCUT2D eigenvalue weighted by Gasteiger charge is 2.22. The van der Waals surface area contributed by atoms with Crippen LogP contribution in [0.5, 0.6) is 11.5 Å². The van der Waals surface area contributed by atoms with Crippen LogP contribution in [0.1, 0.15) is 29.9 Å². The largest absolute Gasteiger partial charge is 0.493 e. The first-order chi connectivity index (χ1) is 19.2. The number of aliphatic carboxylic acids is 1. The van der Waals surface area contributed by atoms with Crippen molar-refractivity contribution in [3.63, 3.8) is 0 Å². The van der Waals surface area contributed by atoms with Gasteiger partial charge < -0.3 is 30.4 Å². The number of anilines is 1. The first kappa shape index (κ1) is 29.3. The Morgan fingerprint density at radius 3 is 2.48 bits per heavy atom. The lowest BCUT2D eigenvalue weighted by molar-refractivity contribution is -0.134. The van der Waals surface area contributed by atoms with Crippen molar-refractivity contribution in [2.24, 2.45) is 5.73 Å². The summed E-state index contributed by atoms with van der Waals surface area (Å²) in [6.07, 6.45) is 1.51. The molecule has 0 radical (unpaired) electrons. The maximum absolute atomic E-state index is 12.7. The van der Waals surface area contributed by atoms with E-state index in [2.05, 4.69) is 25.6 Å². The molecular weight excluding hydrogens is 520 g/mol. The third-order valence-electron chi connectivity index (χ3n) is 5.26. The molecular formula is C26H30N8O6. The third kappa shape index (κ3) is 7.88. The normalized spacial score (nSPS) is 11.1. The lowest BCUT2D eigenvalue weighted by Gasteiger charge is -2.20. The topological polar surface area (TPSA) is 203 Å². The van der Waals surface area contributed by atoms with Gasteiger partial charge in [-0.25, -0.2) is 4.79 Å². The Labute approximate surface area is 229 Å². The fourth-order valence-electron chi connectivity index (χ4n) is 3.47. The summed E-state index contributed by atoms with van der Waals surface area (Å²) in [6, 6.07) is 15.2. The Kier molecular flexibility index (Phi) is 10.3. The van der Waals surface area contributed by atoms with Crippen molar-refractivity contribution in [1.82, 2.24) is 25.0 Å². The number of amidine groups is 1. The molecule has 1 unspecified atom stereocenters. The molecule has 14 heteroatoms. The molecule has 0 aliphatic carbocycles. The molecule has 4 rings (SSSR count). The third-order valence-corrected chi connectivity index (χ3v) is 5.26. The molecule has 2 aromatic heterocycles. The van der Waals surface area contributed by atoms with Gasteiger partial charge in [0.2, 0.25) is 0 Å². The second-order valence-corrected chi connectivity index (χ2v) is 8.15. The van der Waals surface area contributed by atoms with Gasteiger partial charge in [-0.15, -0.1) is 10.2 Å². The minimum atomic E-state index is -0.833. The molecule has 0 aliphatic heterocycles. The number of methoxy groups -OCH3 is 2. The van der Waals surface area contributed by atoms with Gasteiger partial charge in [-0.05, 0) is 54.1 Å². The number of hydrogen-bond acceptors (Lipinski definition) is 10. The van der Waals surface area contributed by atoms with Crippen LogP contribution in [-0.4, -0.2) is 69.3 Å². The highest BCUT2D eigenvalue weighted by atomic mass is 16.5. The van der Waals surface area contributed by atoms with E-state index in [-0.39, 0.29) is 11.7 Å². The van der Waals surface area contributed by atoms with Crippen LogP contribution >= 0.6 is 0 Å². The molecule has 0 saturated heterocycles. The van der Waals surface area contributed by atoms with E-state index in [0.717, 1.165) is 22.9 Å². The van der Waals surface area contributed by atoms with Crippen LogP contribution in [0.3, 0.4) is 0 Å². The number of H-pyrrole nitrogens is 1. The number of ether oxygens (including phenoxy) is 3. The molecule has 40 heavy (non-hydrogen) atoms. The van der Waals surface area contributed by atoms with Gasteiger partial charge in [-0.2, -0.15) is 9.78 Å². The number of carbonyl (C=O) groups is 1. The minimum absolute atomic E-state index is 0.0288.